The summed E-state index contributed by atoms with van der Waals surface area (Å²) in [6.07, 6.45) is -13.9. The minimum atomic E-state index is -6.93. The molecule has 0 bridgehead atoms. The van der Waals surface area contributed by atoms with Crippen molar-refractivity contribution in [3.05, 3.63) is 47.0 Å². The Labute approximate surface area is 156 Å². The molecule has 31 heavy (non-hydrogen) atoms. The van der Waals surface area contributed by atoms with Gasteiger partial charge in [0.25, 0.3) is 0 Å². The van der Waals surface area contributed by atoms with Gasteiger partial charge in [-0.2, -0.15) is 61.5 Å². The van der Waals surface area contributed by atoms with Gasteiger partial charge in [-0.1, -0.05) is 0 Å². The van der Waals surface area contributed by atoms with Crippen LogP contribution in [-0.4, -0.2) is 24.2 Å². The number of halogens is 18. The first-order valence-corrected chi connectivity index (χ1v) is 6.31. The van der Waals surface area contributed by atoms with Crippen LogP contribution in [0.4, 0.5) is 79.0 Å². The third kappa shape index (κ3) is 5.81. The van der Waals surface area contributed by atoms with Gasteiger partial charge in [-0.3, -0.25) is 0 Å². The number of alkyl halides is 10. The topological polar surface area (TPSA) is 9.23 Å². The van der Waals surface area contributed by atoms with E-state index in [1.165, 1.54) is 0 Å². The van der Waals surface area contributed by atoms with E-state index >= 15 is 0 Å². The van der Waals surface area contributed by atoms with Crippen LogP contribution < -0.4 is 0 Å². The Bertz CT molecular complexity index is 751. The highest BCUT2D eigenvalue weighted by Gasteiger charge is 2.63. The lowest BCUT2D eigenvalue weighted by molar-refractivity contribution is -0.271. The van der Waals surface area contributed by atoms with Crippen LogP contribution in [0.25, 0.3) is 0 Å². The molecule has 0 saturated carbocycles. The van der Waals surface area contributed by atoms with E-state index in [-0.39, 0.29) is 0 Å². The summed E-state index contributed by atoms with van der Waals surface area (Å²) in [5.74, 6) is -38.3. The van der Waals surface area contributed by atoms with E-state index in [9.17, 15) is 79.0 Å². The average molecular weight is 502 g/mol. The predicted octanol–water partition coefficient (Wildman–Crippen LogP) is 7.92. The molecule has 0 saturated heterocycles. The van der Waals surface area contributed by atoms with Gasteiger partial charge in [-0.05, 0) is 0 Å². The summed E-state index contributed by atoms with van der Waals surface area (Å²) in [4.78, 5) is 0. The molecule has 0 rings (SSSR count). The van der Waals surface area contributed by atoms with Crippen LogP contribution in [0.2, 0.25) is 0 Å². The molecule has 0 N–H and O–H groups in total. The second-order valence-electron chi connectivity index (χ2n) is 4.68. The SMILES string of the molecule is FC(OC(F)=C(F)C(F)=C(F)C(F)(F)C(F)(F)F)=C(F)C(F)=C(F)C(F)(F)C(F)(F)F. The van der Waals surface area contributed by atoms with Gasteiger partial charge in [0.2, 0.25) is 35.0 Å². The van der Waals surface area contributed by atoms with Crippen LogP contribution in [0.5, 0.6) is 0 Å². The Balaban J connectivity index is 6.25. The maximum absolute atomic E-state index is 12.9. The minimum Gasteiger partial charge on any atom is -0.399 e. The molecule has 0 heterocycles. The lowest BCUT2D eigenvalue weighted by Gasteiger charge is -2.18. The Kier molecular flexibility index (Phi) is 8.21. The first-order valence-electron chi connectivity index (χ1n) is 6.31. The molecule has 0 aliphatic carbocycles. The van der Waals surface area contributed by atoms with Gasteiger partial charge in [0.15, 0.2) is 0 Å². The zero-order valence-electron chi connectivity index (χ0n) is 13.2. The number of allylic oxidation sites excluding steroid dienone is 6. The largest absolute Gasteiger partial charge is 0.460 e. The molecule has 0 aliphatic rings. The van der Waals surface area contributed by atoms with Gasteiger partial charge < -0.3 is 4.74 Å². The molecule has 180 valence electrons. The van der Waals surface area contributed by atoms with E-state index in [0.717, 1.165) is 0 Å². The van der Waals surface area contributed by atoms with E-state index in [1.54, 1.807) is 0 Å². The zero-order valence-corrected chi connectivity index (χ0v) is 13.2. The number of ether oxygens (including phenoxy) is 1. The van der Waals surface area contributed by atoms with E-state index in [1.807, 2.05) is 0 Å². The van der Waals surface area contributed by atoms with Crippen LogP contribution in [0, 0.1) is 0 Å². The average Bonchev–Trinajstić information content (AvgIpc) is 2.61. The first-order chi connectivity index (χ1) is 13.5. The Morgan fingerprint density at radius 1 is 0.387 bits per heavy atom. The molecule has 0 aromatic rings. The quantitative estimate of drug-likeness (QED) is 0.204. The highest BCUT2D eigenvalue weighted by atomic mass is 19.4. The first kappa shape index (κ1) is 28.5. The molecule has 0 amide bonds. The molecular weight excluding hydrogens is 502 g/mol. The van der Waals surface area contributed by atoms with Gasteiger partial charge in [-0.15, -0.1) is 0 Å². The number of hydrogen-bond acceptors (Lipinski definition) is 1. The van der Waals surface area contributed by atoms with Gasteiger partial charge in [-0.25, -0.2) is 17.6 Å². The zero-order chi connectivity index (χ0) is 25.3. The number of rotatable bonds is 6. The summed E-state index contributed by atoms with van der Waals surface area (Å²) in [5, 5.41) is 0. The summed E-state index contributed by atoms with van der Waals surface area (Å²) in [7, 11) is 0. The van der Waals surface area contributed by atoms with Crippen LogP contribution >= 0.6 is 0 Å². The lowest BCUT2D eigenvalue weighted by atomic mass is 10.2. The van der Waals surface area contributed by atoms with Crippen molar-refractivity contribution in [2.45, 2.75) is 24.2 Å². The van der Waals surface area contributed by atoms with Crippen molar-refractivity contribution in [1.82, 2.24) is 0 Å². The van der Waals surface area contributed by atoms with Gasteiger partial charge >= 0.3 is 36.2 Å². The van der Waals surface area contributed by atoms with E-state index in [0.29, 0.717) is 0 Å². The summed E-state index contributed by atoms with van der Waals surface area (Å²) in [5.41, 5.74) is 0. The summed E-state index contributed by atoms with van der Waals surface area (Å²) in [6.45, 7) is 0. The standard InChI is InChI=1S/C12F18O/c13-1(5(17)9(21,22)11(25,26)27)3(15)7(19)31-8(20)4(16)2(14)6(18)10(23,24)12(28,29)30. The second kappa shape index (κ2) is 8.93. The van der Waals surface area contributed by atoms with Crippen molar-refractivity contribution < 1.29 is 83.8 Å². The van der Waals surface area contributed by atoms with Gasteiger partial charge in [0, 0.05) is 0 Å². The molecule has 0 atom stereocenters. The fourth-order valence-corrected chi connectivity index (χ4v) is 1.06. The van der Waals surface area contributed by atoms with Crippen LogP contribution in [-0.2, 0) is 4.74 Å². The van der Waals surface area contributed by atoms with Crippen molar-refractivity contribution in [3.63, 3.8) is 0 Å². The molecule has 0 aromatic carbocycles. The summed E-state index contributed by atoms with van der Waals surface area (Å²) in [6, 6.07) is -7.62. The van der Waals surface area contributed by atoms with Crippen molar-refractivity contribution in [3.8, 4) is 0 Å². The van der Waals surface area contributed by atoms with Crippen molar-refractivity contribution in [1.29, 1.82) is 0 Å². The van der Waals surface area contributed by atoms with Crippen molar-refractivity contribution in [2.75, 3.05) is 0 Å². The molecule has 1 nitrogen and oxygen atoms in total. The Morgan fingerprint density at radius 3 is 0.806 bits per heavy atom. The fraction of sp³-hybridized carbons (Fsp3) is 0.333. The highest BCUT2D eigenvalue weighted by Crippen LogP contribution is 2.46. The van der Waals surface area contributed by atoms with Crippen molar-refractivity contribution in [2.24, 2.45) is 0 Å². The van der Waals surface area contributed by atoms with Crippen LogP contribution in [0.15, 0.2) is 47.0 Å². The maximum atomic E-state index is 12.9. The third-order valence-electron chi connectivity index (χ3n) is 2.56. The lowest BCUT2D eigenvalue weighted by Crippen LogP contribution is -2.37. The second-order valence-corrected chi connectivity index (χ2v) is 4.68. The molecular formula is C12F18O. The van der Waals surface area contributed by atoms with E-state index in [2.05, 4.69) is 4.74 Å². The highest BCUT2D eigenvalue weighted by molar-refractivity contribution is 5.29. The van der Waals surface area contributed by atoms with E-state index < -0.39 is 71.2 Å². The minimum absolute atomic E-state index is 2.46. The smallest absolute Gasteiger partial charge is 0.399 e. The molecule has 19 heteroatoms. The third-order valence-corrected chi connectivity index (χ3v) is 2.56. The maximum Gasteiger partial charge on any atom is 0.460 e. The van der Waals surface area contributed by atoms with E-state index in [4.69, 9.17) is 0 Å². The van der Waals surface area contributed by atoms with Gasteiger partial charge in [0.1, 0.15) is 0 Å². The molecule has 0 spiro atoms. The van der Waals surface area contributed by atoms with Crippen LogP contribution in [0.3, 0.4) is 0 Å². The molecule has 0 radical (unpaired) electrons. The summed E-state index contributed by atoms with van der Waals surface area (Å²) >= 11 is 0. The predicted molar refractivity (Wildman–Crippen MR) is 60.1 cm³/mol. The number of hydrogen-bond donors (Lipinski definition) is 0. The van der Waals surface area contributed by atoms with Gasteiger partial charge in [0.05, 0.1) is 0 Å². The monoisotopic (exact) mass is 502 g/mol. The molecule has 0 fully saturated rings. The Hall–Kier alpha value is -2.50. The Morgan fingerprint density at radius 2 is 0.613 bits per heavy atom. The van der Waals surface area contributed by atoms with Crippen molar-refractivity contribution >= 4 is 0 Å². The molecule has 0 aliphatic heterocycles. The normalized spacial score (nSPS) is 17.5. The molecule has 0 aromatic heterocycles. The summed E-state index contributed by atoms with van der Waals surface area (Å²) < 4.78 is 226. The van der Waals surface area contributed by atoms with Crippen LogP contribution in [0.1, 0.15) is 0 Å². The molecule has 0 unspecified atom stereocenters. The fourth-order valence-electron chi connectivity index (χ4n) is 1.06.